The van der Waals surface area contributed by atoms with E-state index < -0.39 is 23.8 Å². The molecule has 1 N–H and O–H groups in total. The molecule has 12 heteroatoms. The van der Waals surface area contributed by atoms with Crippen molar-refractivity contribution >= 4 is 35.4 Å². The van der Waals surface area contributed by atoms with Crippen LogP contribution in [0.4, 0.5) is 10.5 Å². The maximum Gasteiger partial charge on any atom is 0.410 e. The van der Waals surface area contributed by atoms with Gasteiger partial charge in [-0.2, -0.15) is 0 Å². The highest BCUT2D eigenvalue weighted by atomic mass is 16.6. The Labute approximate surface area is 287 Å². The Kier molecular flexibility index (Phi) is 9.68. The predicted octanol–water partition coefficient (Wildman–Crippen LogP) is 2.97. The second kappa shape index (κ2) is 14.3. The van der Waals surface area contributed by atoms with Gasteiger partial charge in [0.25, 0.3) is 11.8 Å². The number of ether oxygens (including phenoxy) is 1. The van der Waals surface area contributed by atoms with Crippen LogP contribution in [0.25, 0.3) is 0 Å². The number of nitrogens with zero attached hydrogens (tertiary/aromatic N) is 5. The van der Waals surface area contributed by atoms with E-state index in [1.54, 1.807) is 12.1 Å². The van der Waals surface area contributed by atoms with Gasteiger partial charge in [-0.1, -0.05) is 30.3 Å². The lowest BCUT2D eigenvalue weighted by molar-refractivity contribution is -0.136. The molecule has 5 heterocycles. The van der Waals surface area contributed by atoms with E-state index >= 15 is 0 Å². The van der Waals surface area contributed by atoms with Crippen LogP contribution in [0.3, 0.4) is 0 Å². The maximum atomic E-state index is 13.3. The van der Waals surface area contributed by atoms with Gasteiger partial charge in [0, 0.05) is 70.5 Å². The standard InChI is InChI=1S/C37H46N6O6/c1-25-20-42(37(48)49-24-27-5-3-2-4-6-27)18-17-41(25)23-28-11-14-39(22-28)21-26-12-15-40(16-13-26)29-7-8-30-31(19-29)36(47)43(35(30)46)32-9-10-33(44)38-34(32)45/h2-8,19,25-26,28,32H,9-18,20-24H2,1H3,(H,38,44,45)/t25-,28-,32?/m0/s1. The van der Waals surface area contributed by atoms with Crippen LogP contribution in [0.1, 0.15) is 65.3 Å². The zero-order chi connectivity index (χ0) is 34.1. The third-order valence-electron chi connectivity index (χ3n) is 11.0. The van der Waals surface area contributed by atoms with Gasteiger partial charge in [-0.25, -0.2) is 4.79 Å². The minimum Gasteiger partial charge on any atom is -0.445 e. The first-order chi connectivity index (χ1) is 23.7. The molecule has 4 saturated heterocycles. The second-order valence-electron chi connectivity index (χ2n) is 14.4. The Morgan fingerprint density at radius 3 is 2.33 bits per heavy atom. The molecule has 0 aliphatic carbocycles. The van der Waals surface area contributed by atoms with Crippen LogP contribution in [-0.4, -0.2) is 120 Å². The highest BCUT2D eigenvalue weighted by Crippen LogP contribution is 2.33. The van der Waals surface area contributed by atoms with Gasteiger partial charge in [0.05, 0.1) is 11.1 Å². The number of carbonyl (C=O) groups is 5. The zero-order valence-corrected chi connectivity index (χ0v) is 28.2. The van der Waals surface area contributed by atoms with Gasteiger partial charge in [0.1, 0.15) is 12.6 Å². The second-order valence-corrected chi connectivity index (χ2v) is 14.4. The monoisotopic (exact) mass is 670 g/mol. The van der Waals surface area contributed by atoms with Crippen molar-refractivity contribution in [3.05, 3.63) is 65.2 Å². The first-order valence-corrected chi connectivity index (χ1v) is 17.8. The predicted molar refractivity (Wildman–Crippen MR) is 182 cm³/mol. The molecule has 12 nitrogen and oxygen atoms in total. The number of piperidine rings is 2. The lowest BCUT2D eigenvalue weighted by atomic mass is 9.95. The number of amides is 5. The van der Waals surface area contributed by atoms with E-state index in [1.165, 1.54) is 6.42 Å². The molecule has 5 amide bonds. The molecule has 2 aromatic carbocycles. The summed E-state index contributed by atoms with van der Waals surface area (Å²) in [5, 5.41) is 2.25. The number of rotatable bonds is 8. The Balaban J connectivity index is 0.843. The number of hydrogen-bond donors (Lipinski definition) is 1. The minimum absolute atomic E-state index is 0.105. The fraction of sp³-hybridized carbons (Fsp3) is 0.541. The van der Waals surface area contributed by atoms with Crippen molar-refractivity contribution in [2.45, 2.75) is 57.7 Å². The van der Waals surface area contributed by atoms with E-state index in [4.69, 9.17) is 4.74 Å². The van der Waals surface area contributed by atoms with Gasteiger partial charge in [0.15, 0.2) is 0 Å². The smallest absolute Gasteiger partial charge is 0.410 e. The van der Waals surface area contributed by atoms with Crippen LogP contribution in [0, 0.1) is 11.8 Å². The summed E-state index contributed by atoms with van der Waals surface area (Å²) in [5.74, 6) is -0.671. The van der Waals surface area contributed by atoms with E-state index in [2.05, 4.69) is 26.9 Å². The molecule has 4 fully saturated rings. The summed E-state index contributed by atoms with van der Waals surface area (Å²) in [6.45, 7) is 10.9. The van der Waals surface area contributed by atoms with Crippen LogP contribution in [0.2, 0.25) is 0 Å². The number of likely N-dealkylation sites (tertiary alicyclic amines) is 1. The van der Waals surface area contributed by atoms with E-state index in [1.807, 2.05) is 41.3 Å². The van der Waals surface area contributed by atoms with Crippen LogP contribution in [0.15, 0.2) is 48.5 Å². The Hall–Kier alpha value is -4.29. The summed E-state index contributed by atoms with van der Waals surface area (Å²) >= 11 is 0. The highest BCUT2D eigenvalue weighted by molar-refractivity contribution is 6.23. The van der Waals surface area contributed by atoms with Crippen LogP contribution < -0.4 is 10.2 Å². The molecule has 0 bridgehead atoms. The average molecular weight is 671 g/mol. The molecular formula is C37H46N6O6. The SMILES string of the molecule is C[C@H]1CN(C(=O)OCc2ccccc2)CCN1C[C@H]1CCN(CC2CCN(c3ccc4c(c3)C(=O)N(C3CCC(=O)NC3=O)C4=O)CC2)C1. The van der Waals surface area contributed by atoms with E-state index in [-0.39, 0.29) is 24.8 Å². The topological polar surface area (TPSA) is 123 Å². The van der Waals surface area contributed by atoms with Crippen molar-refractivity contribution in [1.82, 2.24) is 24.9 Å². The fourth-order valence-electron chi connectivity index (χ4n) is 8.20. The number of hydrogen-bond acceptors (Lipinski definition) is 9. The first-order valence-electron chi connectivity index (χ1n) is 17.8. The number of benzene rings is 2. The molecule has 3 atom stereocenters. The van der Waals surface area contributed by atoms with Gasteiger partial charge in [-0.05, 0) is 74.8 Å². The summed E-state index contributed by atoms with van der Waals surface area (Å²) in [5.41, 5.74) is 2.56. The van der Waals surface area contributed by atoms with Crippen molar-refractivity contribution in [2.75, 3.05) is 63.8 Å². The molecule has 260 valence electrons. The van der Waals surface area contributed by atoms with Crippen molar-refractivity contribution in [3.63, 3.8) is 0 Å². The summed E-state index contributed by atoms with van der Waals surface area (Å²) in [6.07, 6.45) is 3.35. The largest absolute Gasteiger partial charge is 0.445 e. The number of imide groups is 2. The lowest BCUT2D eigenvalue weighted by Crippen LogP contribution is -2.54. The van der Waals surface area contributed by atoms with E-state index in [0.29, 0.717) is 48.7 Å². The van der Waals surface area contributed by atoms with Gasteiger partial charge in [-0.3, -0.25) is 34.3 Å². The molecule has 49 heavy (non-hydrogen) atoms. The van der Waals surface area contributed by atoms with E-state index in [0.717, 1.165) is 74.8 Å². The Morgan fingerprint density at radius 2 is 1.57 bits per heavy atom. The summed E-state index contributed by atoms with van der Waals surface area (Å²) in [6, 6.07) is 14.5. The lowest BCUT2D eigenvalue weighted by Gasteiger charge is -2.40. The maximum absolute atomic E-state index is 13.3. The minimum atomic E-state index is -0.954. The number of anilines is 1. The number of fused-ring (bicyclic) bond motifs is 1. The molecule has 2 aromatic rings. The third-order valence-corrected chi connectivity index (χ3v) is 11.0. The molecule has 0 saturated carbocycles. The Bertz CT molecular complexity index is 1590. The molecule has 7 rings (SSSR count). The van der Waals surface area contributed by atoms with Gasteiger partial charge in [0.2, 0.25) is 11.8 Å². The van der Waals surface area contributed by atoms with Crippen molar-refractivity contribution < 1.29 is 28.7 Å². The van der Waals surface area contributed by atoms with E-state index in [9.17, 15) is 24.0 Å². The summed E-state index contributed by atoms with van der Waals surface area (Å²) < 4.78 is 5.57. The van der Waals surface area contributed by atoms with Gasteiger partial charge in [-0.15, -0.1) is 0 Å². The summed E-state index contributed by atoms with van der Waals surface area (Å²) in [7, 11) is 0. The number of nitrogens with one attached hydrogen (secondary N) is 1. The number of piperazine rings is 1. The van der Waals surface area contributed by atoms with Crippen molar-refractivity contribution in [3.8, 4) is 0 Å². The summed E-state index contributed by atoms with van der Waals surface area (Å²) in [4.78, 5) is 73.3. The molecule has 1 unspecified atom stereocenters. The quantitative estimate of drug-likeness (QED) is 0.423. The molecule has 5 aliphatic rings. The van der Waals surface area contributed by atoms with Crippen molar-refractivity contribution in [2.24, 2.45) is 11.8 Å². The third kappa shape index (κ3) is 7.21. The fourth-order valence-corrected chi connectivity index (χ4v) is 8.20. The highest BCUT2D eigenvalue weighted by Gasteiger charge is 2.45. The first kappa shape index (κ1) is 33.2. The van der Waals surface area contributed by atoms with Crippen LogP contribution in [0.5, 0.6) is 0 Å². The Morgan fingerprint density at radius 1 is 0.816 bits per heavy atom. The molecule has 0 aromatic heterocycles. The van der Waals surface area contributed by atoms with Gasteiger partial charge < -0.3 is 19.4 Å². The number of carbonyl (C=O) groups excluding carboxylic acids is 5. The normalized spacial score (nSPS) is 25.6. The van der Waals surface area contributed by atoms with Crippen LogP contribution >= 0.6 is 0 Å². The average Bonchev–Trinajstić information content (AvgIpc) is 3.65. The van der Waals surface area contributed by atoms with Gasteiger partial charge >= 0.3 is 6.09 Å². The van der Waals surface area contributed by atoms with Crippen LogP contribution in [-0.2, 0) is 20.9 Å². The molecule has 5 aliphatic heterocycles. The molecule has 0 radical (unpaired) electrons. The molecular weight excluding hydrogens is 624 g/mol. The zero-order valence-electron chi connectivity index (χ0n) is 28.2. The van der Waals surface area contributed by atoms with Crippen molar-refractivity contribution in [1.29, 1.82) is 0 Å². The molecule has 0 spiro atoms.